The minimum atomic E-state index is -0.254. The maximum atomic E-state index is 12.3. The number of nitrogens with zero attached hydrogens (tertiary/aromatic N) is 2. The molecule has 0 atom stereocenters. The third-order valence-electron chi connectivity index (χ3n) is 3.02. The molecule has 1 aromatic heterocycles. The van der Waals surface area contributed by atoms with Crippen molar-refractivity contribution in [1.82, 2.24) is 10.2 Å². The van der Waals surface area contributed by atoms with Crippen LogP contribution in [0.1, 0.15) is 21.6 Å². The molecule has 5 heteroatoms. The lowest BCUT2D eigenvalue weighted by molar-refractivity contribution is 0.105. The lowest BCUT2D eigenvalue weighted by Crippen LogP contribution is -2.01. The molecule has 0 radical (unpaired) electrons. The van der Waals surface area contributed by atoms with Gasteiger partial charge in [0.25, 0.3) is 0 Å². The van der Waals surface area contributed by atoms with Crippen LogP contribution in [0.4, 0.5) is 0 Å². The summed E-state index contributed by atoms with van der Waals surface area (Å²) in [5.41, 5.74) is 1.44. The van der Waals surface area contributed by atoms with Gasteiger partial charge in [0.15, 0.2) is 5.78 Å². The molecule has 0 bridgehead atoms. The van der Waals surface area contributed by atoms with Crippen LogP contribution in [0.5, 0.6) is 5.75 Å². The molecule has 0 amide bonds. The Kier molecular flexibility index (Phi) is 2.52. The second-order valence-corrected chi connectivity index (χ2v) is 4.07. The quantitative estimate of drug-likeness (QED) is 0.888. The normalized spacial score (nSPS) is 13.6. The molecule has 3 rings (SSSR count). The number of rotatable bonds is 2. The van der Waals surface area contributed by atoms with Crippen LogP contribution in [-0.2, 0) is 0 Å². The molecule has 1 aliphatic carbocycles. The number of aliphatic hydroxyl groups is 1. The first kappa shape index (κ1) is 11.4. The molecule has 5 nitrogen and oxygen atoms in total. The number of ether oxygens (including phenoxy) is 1. The number of aromatic nitrogens is 2. The highest BCUT2D eigenvalue weighted by Gasteiger charge is 2.31. The van der Waals surface area contributed by atoms with Crippen molar-refractivity contribution in [2.24, 2.45) is 0 Å². The smallest absolute Gasteiger partial charge is 0.199 e. The van der Waals surface area contributed by atoms with Crippen molar-refractivity contribution in [3.63, 3.8) is 0 Å². The fourth-order valence-corrected chi connectivity index (χ4v) is 2.09. The number of allylic oxidation sites excluding steroid dienone is 1. The predicted octanol–water partition coefficient (Wildman–Crippen LogP) is 2.11. The molecule has 1 aliphatic rings. The summed E-state index contributed by atoms with van der Waals surface area (Å²) in [4.78, 5) is 12.3. The zero-order valence-corrected chi connectivity index (χ0v) is 10.1. The Bertz CT molecular complexity index is 693. The number of hydrogen-bond acceptors (Lipinski definition) is 5. The minimum absolute atomic E-state index is 0.0839. The monoisotopic (exact) mass is 254 g/mol. The fourth-order valence-electron chi connectivity index (χ4n) is 2.09. The van der Waals surface area contributed by atoms with Crippen LogP contribution in [-0.4, -0.2) is 28.2 Å². The van der Waals surface area contributed by atoms with Crippen LogP contribution >= 0.6 is 0 Å². The number of fused-ring (bicyclic) bond motifs is 1. The van der Waals surface area contributed by atoms with E-state index in [1.165, 1.54) is 13.3 Å². The van der Waals surface area contributed by atoms with Gasteiger partial charge >= 0.3 is 0 Å². The minimum Gasteiger partial charge on any atom is -0.506 e. The van der Waals surface area contributed by atoms with Crippen molar-refractivity contribution < 1.29 is 14.6 Å². The van der Waals surface area contributed by atoms with Gasteiger partial charge < -0.3 is 9.84 Å². The molecule has 1 heterocycles. The van der Waals surface area contributed by atoms with Gasteiger partial charge in [0, 0.05) is 17.3 Å². The molecule has 0 saturated carbocycles. The standard InChI is InChI=1S/C14H10N2O3/c1-19-8-4-5-9-10(7-8)14(18)12(13(9)17)11-3-2-6-15-16-11/h2-7,18H,1H3. The zero-order valence-electron chi connectivity index (χ0n) is 10.1. The van der Waals surface area contributed by atoms with Crippen LogP contribution in [0, 0.1) is 0 Å². The Balaban J connectivity index is 2.18. The molecule has 0 spiro atoms. The fraction of sp³-hybridized carbons (Fsp3) is 0.0714. The number of carbonyl (C=O) groups excluding carboxylic acids is 1. The molecule has 0 saturated heterocycles. The van der Waals surface area contributed by atoms with Crippen molar-refractivity contribution in [3.8, 4) is 5.75 Å². The van der Waals surface area contributed by atoms with Crippen molar-refractivity contribution in [2.45, 2.75) is 0 Å². The highest BCUT2D eigenvalue weighted by atomic mass is 16.5. The topological polar surface area (TPSA) is 72.3 Å². The zero-order chi connectivity index (χ0) is 13.4. The summed E-state index contributed by atoms with van der Waals surface area (Å²) in [5, 5.41) is 17.8. The summed E-state index contributed by atoms with van der Waals surface area (Å²) in [6.45, 7) is 0. The molecular formula is C14H10N2O3. The van der Waals surface area contributed by atoms with Crippen molar-refractivity contribution >= 4 is 17.1 Å². The molecule has 94 valence electrons. The molecule has 2 aromatic rings. The molecule has 0 fully saturated rings. The van der Waals surface area contributed by atoms with Crippen molar-refractivity contribution in [1.29, 1.82) is 0 Å². The summed E-state index contributed by atoms with van der Waals surface area (Å²) >= 11 is 0. The molecule has 1 N–H and O–H groups in total. The lowest BCUT2D eigenvalue weighted by Gasteiger charge is -2.02. The van der Waals surface area contributed by atoms with Crippen LogP contribution in [0.25, 0.3) is 11.3 Å². The molecule has 0 unspecified atom stereocenters. The second kappa shape index (κ2) is 4.20. The van der Waals surface area contributed by atoms with E-state index in [4.69, 9.17) is 4.74 Å². The van der Waals surface area contributed by atoms with E-state index in [0.29, 0.717) is 22.6 Å². The number of aliphatic hydroxyl groups excluding tert-OH is 1. The summed E-state index contributed by atoms with van der Waals surface area (Å²) < 4.78 is 5.09. The average Bonchev–Trinajstić information content (AvgIpc) is 2.71. The number of hydrogen-bond donors (Lipinski definition) is 1. The first-order valence-electron chi connectivity index (χ1n) is 5.67. The number of ketones is 1. The molecule has 1 aromatic carbocycles. The van der Waals surface area contributed by atoms with E-state index in [2.05, 4.69) is 10.2 Å². The van der Waals surface area contributed by atoms with E-state index < -0.39 is 0 Å². The Morgan fingerprint density at radius 2 is 2.05 bits per heavy atom. The van der Waals surface area contributed by atoms with Gasteiger partial charge in [-0.25, -0.2) is 0 Å². The summed E-state index contributed by atoms with van der Waals surface area (Å²) in [6, 6.07) is 8.25. The maximum absolute atomic E-state index is 12.3. The number of Topliss-reactive ketones (excluding diaryl/α,β-unsaturated/α-hetero) is 1. The predicted molar refractivity (Wildman–Crippen MR) is 68.8 cm³/mol. The summed E-state index contributed by atoms with van der Waals surface area (Å²) in [7, 11) is 1.53. The second-order valence-electron chi connectivity index (χ2n) is 4.07. The van der Waals surface area contributed by atoms with Gasteiger partial charge in [-0.1, -0.05) is 0 Å². The molecular weight excluding hydrogens is 244 g/mol. The highest BCUT2D eigenvalue weighted by molar-refractivity contribution is 6.38. The van der Waals surface area contributed by atoms with Gasteiger partial charge in [0.1, 0.15) is 17.2 Å². The first-order valence-corrected chi connectivity index (χ1v) is 5.67. The Morgan fingerprint density at radius 1 is 1.21 bits per heavy atom. The lowest BCUT2D eigenvalue weighted by atomic mass is 10.1. The van der Waals surface area contributed by atoms with E-state index in [9.17, 15) is 9.90 Å². The Hall–Kier alpha value is -2.69. The van der Waals surface area contributed by atoms with Crippen LogP contribution in [0.3, 0.4) is 0 Å². The highest BCUT2D eigenvalue weighted by Crippen LogP contribution is 2.37. The van der Waals surface area contributed by atoms with E-state index in [1.54, 1.807) is 30.3 Å². The van der Waals surface area contributed by atoms with E-state index in [0.717, 1.165) is 0 Å². The average molecular weight is 254 g/mol. The van der Waals surface area contributed by atoms with Crippen LogP contribution in [0.15, 0.2) is 36.5 Å². The molecule has 19 heavy (non-hydrogen) atoms. The van der Waals surface area contributed by atoms with Gasteiger partial charge in [-0.2, -0.15) is 10.2 Å². The van der Waals surface area contributed by atoms with E-state index in [-0.39, 0.29) is 17.1 Å². The van der Waals surface area contributed by atoms with Gasteiger partial charge in [-0.05, 0) is 30.3 Å². The van der Waals surface area contributed by atoms with E-state index >= 15 is 0 Å². The number of carbonyl (C=O) groups is 1. The Labute approximate surface area is 109 Å². The van der Waals surface area contributed by atoms with Crippen molar-refractivity contribution in [2.75, 3.05) is 7.11 Å². The van der Waals surface area contributed by atoms with E-state index in [1.807, 2.05) is 0 Å². The maximum Gasteiger partial charge on any atom is 0.199 e. The van der Waals surface area contributed by atoms with Gasteiger partial charge in [-0.3, -0.25) is 4.79 Å². The third-order valence-corrected chi connectivity index (χ3v) is 3.02. The van der Waals surface area contributed by atoms with Gasteiger partial charge in [0.2, 0.25) is 0 Å². The Morgan fingerprint density at radius 3 is 2.74 bits per heavy atom. The van der Waals surface area contributed by atoms with Gasteiger partial charge in [-0.15, -0.1) is 0 Å². The van der Waals surface area contributed by atoms with Crippen molar-refractivity contribution in [3.05, 3.63) is 53.3 Å². The number of benzene rings is 1. The third kappa shape index (κ3) is 1.67. The SMILES string of the molecule is COc1ccc2c(c1)C(O)=C(c1cccnn1)C2=O. The van der Waals surface area contributed by atoms with Crippen LogP contribution in [0.2, 0.25) is 0 Å². The largest absolute Gasteiger partial charge is 0.506 e. The number of methoxy groups -OCH3 is 1. The molecule has 0 aliphatic heterocycles. The summed E-state index contributed by atoms with van der Waals surface area (Å²) in [6.07, 6.45) is 1.51. The summed E-state index contributed by atoms with van der Waals surface area (Å²) in [5.74, 6) is 0.244. The van der Waals surface area contributed by atoms with Crippen LogP contribution < -0.4 is 4.74 Å². The van der Waals surface area contributed by atoms with Gasteiger partial charge in [0.05, 0.1) is 12.7 Å². The first-order chi connectivity index (χ1) is 9.22.